The maximum absolute atomic E-state index is 12.6. The summed E-state index contributed by atoms with van der Waals surface area (Å²) in [5, 5.41) is 6.16. The molecule has 5 heteroatoms. The SMILES string of the molecule is Cc1ccc(C)c(NC(=O)c2ccnc(Nc3ccccc3C(C)C)n2)c1. The van der Waals surface area contributed by atoms with E-state index in [9.17, 15) is 4.79 Å². The van der Waals surface area contributed by atoms with E-state index >= 15 is 0 Å². The first kappa shape index (κ1) is 18.6. The number of hydrogen-bond acceptors (Lipinski definition) is 4. The highest BCUT2D eigenvalue weighted by molar-refractivity contribution is 6.03. The monoisotopic (exact) mass is 360 g/mol. The van der Waals surface area contributed by atoms with E-state index in [1.165, 1.54) is 5.56 Å². The fraction of sp³-hybridized carbons (Fsp3) is 0.227. The highest BCUT2D eigenvalue weighted by atomic mass is 16.1. The van der Waals surface area contributed by atoms with Crippen molar-refractivity contribution in [1.82, 2.24) is 9.97 Å². The van der Waals surface area contributed by atoms with Crippen molar-refractivity contribution < 1.29 is 4.79 Å². The number of rotatable bonds is 5. The average Bonchev–Trinajstić information content (AvgIpc) is 2.65. The number of nitrogens with one attached hydrogen (secondary N) is 2. The van der Waals surface area contributed by atoms with Crippen molar-refractivity contribution in [2.24, 2.45) is 0 Å². The summed E-state index contributed by atoms with van der Waals surface area (Å²) in [6.07, 6.45) is 1.59. The van der Waals surface area contributed by atoms with Crippen molar-refractivity contribution in [3.8, 4) is 0 Å². The van der Waals surface area contributed by atoms with Crippen LogP contribution in [-0.2, 0) is 0 Å². The van der Waals surface area contributed by atoms with Crippen LogP contribution in [0, 0.1) is 13.8 Å². The standard InChI is InChI=1S/C22H24N4O/c1-14(2)17-7-5-6-8-18(17)25-22-23-12-11-19(26-22)21(27)24-20-13-15(3)9-10-16(20)4/h5-14H,1-4H3,(H,24,27)(H,23,25,26). The molecule has 0 aliphatic carbocycles. The van der Waals surface area contributed by atoms with Crippen LogP contribution < -0.4 is 10.6 Å². The molecule has 3 rings (SSSR count). The van der Waals surface area contributed by atoms with Crippen LogP contribution in [0.5, 0.6) is 0 Å². The summed E-state index contributed by atoms with van der Waals surface area (Å²) in [5.74, 6) is 0.507. The summed E-state index contributed by atoms with van der Waals surface area (Å²) >= 11 is 0. The number of para-hydroxylation sites is 1. The van der Waals surface area contributed by atoms with Crippen molar-refractivity contribution in [2.45, 2.75) is 33.6 Å². The van der Waals surface area contributed by atoms with Crippen LogP contribution in [0.1, 0.15) is 46.9 Å². The fourth-order valence-corrected chi connectivity index (χ4v) is 2.84. The summed E-state index contributed by atoms with van der Waals surface area (Å²) in [6, 6.07) is 15.6. The van der Waals surface area contributed by atoms with E-state index in [2.05, 4.69) is 40.5 Å². The van der Waals surface area contributed by atoms with Crippen LogP contribution in [0.25, 0.3) is 0 Å². The molecule has 0 atom stereocenters. The van der Waals surface area contributed by atoms with Gasteiger partial charge < -0.3 is 10.6 Å². The van der Waals surface area contributed by atoms with Gasteiger partial charge in [0.15, 0.2) is 0 Å². The molecule has 0 radical (unpaired) electrons. The fourth-order valence-electron chi connectivity index (χ4n) is 2.84. The molecule has 0 saturated carbocycles. The molecule has 138 valence electrons. The molecule has 3 aromatic rings. The number of anilines is 3. The van der Waals surface area contributed by atoms with Crippen molar-refractivity contribution in [3.63, 3.8) is 0 Å². The first-order valence-electron chi connectivity index (χ1n) is 9.01. The topological polar surface area (TPSA) is 66.9 Å². The maximum atomic E-state index is 12.6. The number of aromatic nitrogens is 2. The van der Waals surface area contributed by atoms with E-state index in [1.54, 1.807) is 12.3 Å². The van der Waals surface area contributed by atoms with Gasteiger partial charge in [0.1, 0.15) is 5.69 Å². The molecule has 0 fully saturated rings. The van der Waals surface area contributed by atoms with Crippen LogP contribution >= 0.6 is 0 Å². The quantitative estimate of drug-likeness (QED) is 0.655. The molecule has 2 N–H and O–H groups in total. The zero-order valence-electron chi connectivity index (χ0n) is 16.1. The average molecular weight is 360 g/mol. The molecular weight excluding hydrogens is 336 g/mol. The molecular formula is C22H24N4O. The second kappa shape index (κ2) is 7.99. The minimum absolute atomic E-state index is 0.258. The molecule has 0 saturated heterocycles. The third kappa shape index (κ3) is 4.50. The number of carbonyl (C=O) groups excluding carboxylic acids is 1. The minimum Gasteiger partial charge on any atom is -0.324 e. The lowest BCUT2D eigenvalue weighted by atomic mass is 10.0. The van der Waals surface area contributed by atoms with Crippen molar-refractivity contribution >= 4 is 23.2 Å². The Balaban J connectivity index is 1.81. The Bertz CT molecular complexity index is 966. The van der Waals surface area contributed by atoms with E-state index < -0.39 is 0 Å². The zero-order valence-corrected chi connectivity index (χ0v) is 16.1. The lowest BCUT2D eigenvalue weighted by Gasteiger charge is -2.14. The summed E-state index contributed by atoms with van der Waals surface area (Å²) in [4.78, 5) is 21.3. The van der Waals surface area contributed by atoms with Gasteiger partial charge in [0.05, 0.1) is 0 Å². The Morgan fingerprint density at radius 3 is 2.56 bits per heavy atom. The number of benzene rings is 2. The lowest BCUT2D eigenvalue weighted by molar-refractivity contribution is 0.102. The smallest absolute Gasteiger partial charge is 0.274 e. The number of hydrogen-bond donors (Lipinski definition) is 2. The minimum atomic E-state index is -0.258. The van der Waals surface area contributed by atoms with Gasteiger partial charge in [-0.15, -0.1) is 0 Å². The molecule has 1 heterocycles. The number of amides is 1. The predicted octanol–water partition coefficient (Wildman–Crippen LogP) is 5.21. The van der Waals surface area contributed by atoms with Crippen LogP contribution in [0.15, 0.2) is 54.7 Å². The zero-order chi connectivity index (χ0) is 19.4. The van der Waals surface area contributed by atoms with Crippen molar-refractivity contribution in [2.75, 3.05) is 10.6 Å². The molecule has 0 spiro atoms. The molecule has 27 heavy (non-hydrogen) atoms. The molecule has 1 amide bonds. The third-order valence-corrected chi connectivity index (χ3v) is 4.36. The number of aryl methyl sites for hydroxylation is 2. The van der Waals surface area contributed by atoms with Crippen LogP contribution in [0.4, 0.5) is 17.3 Å². The van der Waals surface area contributed by atoms with Gasteiger partial charge in [-0.05, 0) is 54.7 Å². The second-order valence-electron chi connectivity index (χ2n) is 6.90. The van der Waals surface area contributed by atoms with Gasteiger partial charge in [-0.25, -0.2) is 9.97 Å². The van der Waals surface area contributed by atoms with Gasteiger partial charge in [-0.2, -0.15) is 0 Å². The maximum Gasteiger partial charge on any atom is 0.274 e. The van der Waals surface area contributed by atoms with Crippen molar-refractivity contribution in [3.05, 3.63) is 77.1 Å². The molecule has 0 aliphatic rings. The molecule has 0 unspecified atom stereocenters. The molecule has 1 aromatic heterocycles. The number of nitrogens with zero attached hydrogens (tertiary/aromatic N) is 2. The molecule has 0 bridgehead atoms. The van der Waals surface area contributed by atoms with Gasteiger partial charge in [-0.1, -0.05) is 44.2 Å². The first-order valence-corrected chi connectivity index (χ1v) is 9.01. The summed E-state index contributed by atoms with van der Waals surface area (Å²) in [6.45, 7) is 8.23. The summed E-state index contributed by atoms with van der Waals surface area (Å²) in [7, 11) is 0. The Hall–Kier alpha value is -3.21. The van der Waals surface area contributed by atoms with Crippen LogP contribution in [-0.4, -0.2) is 15.9 Å². The van der Waals surface area contributed by atoms with Gasteiger partial charge in [-0.3, -0.25) is 4.79 Å². The Morgan fingerprint density at radius 1 is 1.00 bits per heavy atom. The highest BCUT2D eigenvalue weighted by Crippen LogP contribution is 2.25. The molecule has 5 nitrogen and oxygen atoms in total. The van der Waals surface area contributed by atoms with Crippen LogP contribution in [0.3, 0.4) is 0 Å². The van der Waals surface area contributed by atoms with E-state index in [4.69, 9.17) is 0 Å². The van der Waals surface area contributed by atoms with Gasteiger partial charge in [0, 0.05) is 17.6 Å². The first-order chi connectivity index (χ1) is 12.9. The lowest BCUT2D eigenvalue weighted by Crippen LogP contribution is -2.15. The Morgan fingerprint density at radius 2 is 1.78 bits per heavy atom. The predicted molar refractivity (Wildman–Crippen MR) is 110 cm³/mol. The van der Waals surface area contributed by atoms with Gasteiger partial charge in [0.2, 0.25) is 5.95 Å². The molecule has 2 aromatic carbocycles. The third-order valence-electron chi connectivity index (χ3n) is 4.36. The second-order valence-corrected chi connectivity index (χ2v) is 6.90. The Labute approximate surface area is 159 Å². The number of carbonyl (C=O) groups is 1. The van der Waals surface area contributed by atoms with Gasteiger partial charge >= 0.3 is 0 Å². The summed E-state index contributed by atoms with van der Waals surface area (Å²) < 4.78 is 0. The Kier molecular flexibility index (Phi) is 5.50. The molecule has 0 aliphatic heterocycles. The normalized spacial score (nSPS) is 10.7. The van der Waals surface area contributed by atoms with E-state index in [0.717, 1.165) is 22.5 Å². The van der Waals surface area contributed by atoms with E-state index in [0.29, 0.717) is 17.6 Å². The highest BCUT2D eigenvalue weighted by Gasteiger charge is 2.12. The van der Waals surface area contributed by atoms with E-state index in [-0.39, 0.29) is 5.91 Å². The van der Waals surface area contributed by atoms with Crippen LogP contribution in [0.2, 0.25) is 0 Å². The largest absolute Gasteiger partial charge is 0.324 e. The van der Waals surface area contributed by atoms with Crippen molar-refractivity contribution in [1.29, 1.82) is 0 Å². The summed E-state index contributed by atoms with van der Waals surface area (Å²) in [5.41, 5.74) is 5.32. The van der Waals surface area contributed by atoms with E-state index in [1.807, 2.05) is 50.2 Å². The van der Waals surface area contributed by atoms with Gasteiger partial charge in [0.25, 0.3) is 5.91 Å².